The first kappa shape index (κ1) is 51.6. The molecule has 0 bridgehead atoms. The van der Waals surface area contributed by atoms with Crippen molar-refractivity contribution in [2.45, 2.75) is 194 Å². The first-order valence-corrected chi connectivity index (χ1v) is 22.2. The number of unbranched alkanes of at least 4 members (excludes halogenated alkanes) is 17. The minimum atomic E-state index is -0.799. The van der Waals surface area contributed by atoms with Crippen LogP contribution in [-0.4, -0.2) is 37.2 Å². The second kappa shape index (κ2) is 43.3. The van der Waals surface area contributed by atoms with E-state index in [2.05, 4.69) is 57.2 Å². The minimum absolute atomic E-state index is 0.0996. The predicted octanol–water partition coefficient (Wildman–Crippen LogP) is 14.1. The van der Waals surface area contributed by atoms with Gasteiger partial charge in [-0.2, -0.15) is 0 Å². The van der Waals surface area contributed by atoms with Crippen molar-refractivity contribution in [2.75, 3.05) is 13.2 Å². The molecule has 0 aromatic rings. The topological polar surface area (TPSA) is 78.9 Å². The average molecular weight is 765 g/mol. The molecule has 0 fully saturated rings. The summed E-state index contributed by atoms with van der Waals surface area (Å²) in [5, 5.41) is 0. The van der Waals surface area contributed by atoms with Crippen LogP contribution >= 0.6 is 0 Å². The maximum atomic E-state index is 12.7. The third kappa shape index (κ3) is 41.6. The van der Waals surface area contributed by atoms with Gasteiger partial charge in [0, 0.05) is 19.3 Å². The summed E-state index contributed by atoms with van der Waals surface area (Å²) in [4.78, 5) is 37.7. The van der Waals surface area contributed by atoms with E-state index in [1.165, 1.54) is 51.4 Å². The van der Waals surface area contributed by atoms with Gasteiger partial charge in [-0.1, -0.05) is 176 Å². The standard InChI is InChI=1S/C49H80O6/c1-4-7-10-13-16-19-22-23-24-25-28-30-33-36-39-42-48(51)54-45-46(55-49(52)43-40-37-34-31-27-21-18-15-12-9-6-3)44-53-47(50)41-38-35-32-29-26-20-17-14-11-8-5-2/h7,10,13-19,22-25,28,46H,4-6,8-9,11-12,20-21,26-27,29-45H2,1-3H3/b10-7-,16-13-,17-14-,18-15-,22-19-,24-23-,28-25-. The van der Waals surface area contributed by atoms with Crippen molar-refractivity contribution in [3.63, 3.8) is 0 Å². The van der Waals surface area contributed by atoms with E-state index in [0.717, 1.165) is 96.3 Å². The van der Waals surface area contributed by atoms with Gasteiger partial charge in [-0.15, -0.1) is 0 Å². The van der Waals surface area contributed by atoms with Gasteiger partial charge in [-0.25, -0.2) is 0 Å². The van der Waals surface area contributed by atoms with Crippen LogP contribution in [0.1, 0.15) is 188 Å². The summed E-state index contributed by atoms with van der Waals surface area (Å²) >= 11 is 0. The molecule has 0 amide bonds. The van der Waals surface area contributed by atoms with Crippen molar-refractivity contribution < 1.29 is 28.6 Å². The summed E-state index contributed by atoms with van der Waals surface area (Å²) in [6, 6.07) is 0. The number of esters is 3. The van der Waals surface area contributed by atoms with E-state index in [9.17, 15) is 14.4 Å². The zero-order valence-electron chi connectivity index (χ0n) is 35.4. The number of hydrogen-bond donors (Lipinski definition) is 0. The molecule has 0 saturated carbocycles. The van der Waals surface area contributed by atoms with Crippen LogP contribution in [0, 0.1) is 0 Å². The average Bonchev–Trinajstić information content (AvgIpc) is 3.18. The summed E-state index contributed by atoms with van der Waals surface area (Å²) < 4.78 is 16.6. The Labute approximate surface area is 337 Å². The lowest BCUT2D eigenvalue weighted by Gasteiger charge is -2.18. The summed E-state index contributed by atoms with van der Waals surface area (Å²) in [5.74, 6) is -0.972. The quantitative estimate of drug-likeness (QED) is 0.0205. The van der Waals surface area contributed by atoms with Gasteiger partial charge in [-0.3, -0.25) is 14.4 Å². The molecule has 0 aliphatic heterocycles. The molecule has 0 aliphatic rings. The Hall–Kier alpha value is -3.41. The van der Waals surface area contributed by atoms with Gasteiger partial charge in [0.05, 0.1) is 0 Å². The van der Waals surface area contributed by atoms with E-state index in [0.29, 0.717) is 19.3 Å². The highest BCUT2D eigenvalue weighted by atomic mass is 16.6. The first-order valence-electron chi connectivity index (χ1n) is 22.2. The summed E-state index contributed by atoms with van der Waals surface area (Å²) in [5.41, 5.74) is 0. The lowest BCUT2D eigenvalue weighted by atomic mass is 10.1. The molecule has 55 heavy (non-hydrogen) atoms. The molecule has 0 heterocycles. The van der Waals surface area contributed by atoms with E-state index in [1.807, 2.05) is 48.6 Å². The van der Waals surface area contributed by atoms with Crippen molar-refractivity contribution in [1.82, 2.24) is 0 Å². The molecule has 6 nitrogen and oxygen atoms in total. The lowest BCUT2D eigenvalue weighted by molar-refractivity contribution is -0.167. The number of hydrogen-bond acceptors (Lipinski definition) is 6. The van der Waals surface area contributed by atoms with Gasteiger partial charge in [0.2, 0.25) is 0 Å². The van der Waals surface area contributed by atoms with Crippen LogP contribution in [0.15, 0.2) is 85.1 Å². The van der Waals surface area contributed by atoms with Crippen LogP contribution < -0.4 is 0 Å². The fourth-order valence-electron chi connectivity index (χ4n) is 5.60. The highest BCUT2D eigenvalue weighted by molar-refractivity contribution is 5.71. The van der Waals surface area contributed by atoms with Crippen LogP contribution in [0.2, 0.25) is 0 Å². The maximum absolute atomic E-state index is 12.7. The minimum Gasteiger partial charge on any atom is -0.462 e. The molecule has 0 aliphatic carbocycles. The van der Waals surface area contributed by atoms with E-state index >= 15 is 0 Å². The SMILES string of the molecule is CC\C=C/C=C\C=C/C=C\C=C/CCCCCC(=O)OCC(COC(=O)CCCCCCC/C=C\CCCC)OC(=O)CCCCCCC/C=C\CCCC. The second-order valence-electron chi connectivity index (χ2n) is 14.3. The Kier molecular flexibility index (Phi) is 40.6. The molecule has 312 valence electrons. The van der Waals surface area contributed by atoms with E-state index in [-0.39, 0.29) is 31.1 Å². The normalized spacial score (nSPS) is 12.9. The first-order chi connectivity index (χ1) is 27.0. The van der Waals surface area contributed by atoms with Gasteiger partial charge in [0.15, 0.2) is 6.10 Å². The molecular weight excluding hydrogens is 685 g/mol. The fourth-order valence-corrected chi connectivity index (χ4v) is 5.60. The van der Waals surface area contributed by atoms with Crippen molar-refractivity contribution >= 4 is 17.9 Å². The molecule has 0 N–H and O–H groups in total. The van der Waals surface area contributed by atoms with Crippen LogP contribution in [0.3, 0.4) is 0 Å². The fraction of sp³-hybridized carbons (Fsp3) is 0.653. The maximum Gasteiger partial charge on any atom is 0.306 e. The van der Waals surface area contributed by atoms with Crippen LogP contribution in [-0.2, 0) is 28.6 Å². The Balaban J connectivity index is 4.50. The Morgan fingerprint density at radius 2 is 0.727 bits per heavy atom. The van der Waals surface area contributed by atoms with E-state index in [1.54, 1.807) is 0 Å². The zero-order valence-corrected chi connectivity index (χ0v) is 35.4. The molecule has 1 unspecified atom stereocenters. The zero-order chi connectivity index (χ0) is 40.1. The van der Waals surface area contributed by atoms with E-state index < -0.39 is 6.10 Å². The van der Waals surface area contributed by atoms with E-state index in [4.69, 9.17) is 14.2 Å². The summed E-state index contributed by atoms with van der Waals surface area (Å²) in [7, 11) is 0. The number of carbonyl (C=O) groups is 3. The summed E-state index contributed by atoms with van der Waals surface area (Å²) in [6.07, 6.45) is 54.2. The largest absolute Gasteiger partial charge is 0.462 e. The number of rotatable bonds is 38. The number of carbonyl (C=O) groups excluding carboxylic acids is 3. The Morgan fingerprint density at radius 3 is 1.18 bits per heavy atom. The molecule has 0 saturated heterocycles. The molecule has 0 aromatic carbocycles. The third-order valence-electron chi connectivity index (χ3n) is 8.98. The van der Waals surface area contributed by atoms with Crippen LogP contribution in [0.4, 0.5) is 0 Å². The number of allylic oxidation sites excluding steroid dienone is 14. The van der Waals surface area contributed by atoms with Gasteiger partial charge < -0.3 is 14.2 Å². The molecule has 0 spiro atoms. The Bertz CT molecular complexity index is 1110. The van der Waals surface area contributed by atoms with Gasteiger partial charge in [0.25, 0.3) is 0 Å². The smallest absolute Gasteiger partial charge is 0.306 e. The second-order valence-corrected chi connectivity index (χ2v) is 14.3. The highest BCUT2D eigenvalue weighted by Crippen LogP contribution is 2.12. The molecule has 0 rings (SSSR count). The van der Waals surface area contributed by atoms with Crippen molar-refractivity contribution in [3.05, 3.63) is 85.1 Å². The monoisotopic (exact) mass is 765 g/mol. The molecule has 6 heteroatoms. The Morgan fingerprint density at radius 1 is 0.382 bits per heavy atom. The molecular formula is C49H80O6. The third-order valence-corrected chi connectivity index (χ3v) is 8.98. The molecule has 0 radical (unpaired) electrons. The van der Waals surface area contributed by atoms with Crippen molar-refractivity contribution in [1.29, 1.82) is 0 Å². The van der Waals surface area contributed by atoms with Crippen molar-refractivity contribution in [2.24, 2.45) is 0 Å². The predicted molar refractivity (Wildman–Crippen MR) is 233 cm³/mol. The number of ether oxygens (including phenoxy) is 3. The van der Waals surface area contributed by atoms with Crippen molar-refractivity contribution in [3.8, 4) is 0 Å². The lowest BCUT2D eigenvalue weighted by Crippen LogP contribution is -2.30. The highest BCUT2D eigenvalue weighted by Gasteiger charge is 2.19. The van der Waals surface area contributed by atoms with Gasteiger partial charge in [0.1, 0.15) is 13.2 Å². The summed E-state index contributed by atoms with van der Waals surface area (Å²) in [6.45, 7) is 6.33. The van der Waals surface area contributed by atoms with Crippen LogP contribution in [0.5, 0.6) is 0 Å². The van der Waals surface area contributed by atoms with Gasteiger partial charge >= 0.3 is 17.9 Å². The molecule has 0 aromatic heterocycles. The van der Waals surface area contributed by atoms with Gasteiger partial charge in [-0.05, 0) is 77.0 Å². The molecule has 1 atom stereocenters. The van der Waals surface area contributed by atoms with Crippen LogP contribution in [0.25, 0.3) is 0 Å².